The first-order valence-corrected chi connectivity index (χ1v) is 16.5. The molecule has 1 aliphatic heterocycles. The number of nitrogens with two attached hydrogens (primary N) is 1. The molecule has 51 heavy (non-hydrogen) atoms. The number of rotatable bonds is 13. The van der Waals surface area contributed by atoms with Crippen molar-refractivity contribution in [1.82, 2.24) is 20.2 Å². The standard InChI is InChI=1S/C38H41N7O6/c1-4-20-44(37(49)51-25-28-14-10-7-11-15-28)31-23-41-35-38(3,42-5-2)21-30(45(35)34(31)47)33(46)40-22-26-16-18-29(19-17-26)32(39)43-36(48)50-24-27-12-8-6-9-13-27/h4,6-19,23,30,42H,1,5,20-22,24-25H2,2-3H3,(H,40,46)(H2,39,43,48). The molecule has 1 aliphatic rings. The molecule has 3 aromatic carbocycles. The van der Waals surface area contributed by atoms with Crippen LogP contribution in [0.2, 0.25) is 0 Å². The van der Waals surface area contributed by atoms with Gasteiger partial charge in [0.25, 0.3) is 5.56 Å². The van der Waals surface area contributed by atoms with Crippen LogP contribution in [0.15, 0.2) is 114 Å². The highest BCUT2D eigenvalue weighted by Crippen LogP contribution is 2.37. The molecule has 0 saturated heterocycles. The fourth-order valence-corrected chi connectivity index (χ4v) is 5.87. The van der Waals surface area contributed by atoms with Gasteiger partial charge in [-0.25, -0.2) is 14.6 Å². The summed E-state index contributed by atoms with van der Waals surface area (Å²) in [4.78, 5) is 62.8. The molecule has 0 radical (unpaired) electrons. The summed E-state index contributed by atoms with van der Waals surface area (Å²) in [7, 11) is 0. The first-order chi connectivity index (χ1) is 24.6. The van der Waals surface area contributed by atoms with Crippen molar-refractivity contribution in [2.24, 2.45) is 10.7 Å². The van der Waals surface area contributed by atoms with Gasteiger partial charge in [-0.3, -0.25) is 19.1 Å². The van der Waals surface area contributed by atoms with E-state index in [4.69, 9.17) is 15.2 Å². The maximum atomic E-state index is 14.1. The van der Waals surface area contributed by atoms with Crippen LogP contribution in [-0.4, -0.2) is 46.6 Å². The predicted molar refractivity (Wildman–Crippen MR) is 193 cm³/mol. The van der Waals surface area contributed by atoms with Gasteiger partial charge < -0.3 is 25.8 Å². The van der Waals surface area contributed by atoms with Gasteiger partial charge in [0, 0.05) is 25.1 Å². The summed E-state index contributed by atoms with van der Waals surface area (Å²) in [5, 5.41) is 6.29. The third-order valence-corrected chi connectivity index (χ3v) is 8.41. The highest BCUT2D eigenvalue weighted by molar-refractivity contribution is 6.02. The molecule has 1 aromatic heterocycles. The number of nitrogens with zero attached hydrogens (tertiary/aromatic N) is 4. The molecule has 2 unspecified atom stereocenters. The normalized spacial score (nSPS) is 16.5. The van der Waals surface area contributed by atoms with E-state index in [0.717, 1.165) is 21.6 Å². The highest BCUT2D eigenvalue weighted by atomic mass is 16.6. The minimum atomic E-state index is -0.918. The first kappa shape index (κ1) is 36.2. The molecular weight excluding hydrogens is 650 g/mol. The quantitative estimate of drug-likeness (QED) is 0.102. The van der Waals surface area contributed by atoms with Crippen molar-refractivity contribution in [2.45, 2.75) is 51.6 Å². The van der Waals surface area contributed by atoms with E-state index in [2.05, 4.69) is 27.2 Å². The molecule has 264 valence electrons. The summed E-state index contributed by atoms with van der Waals surface area (Å²) in [5.74, 6) is -0.0194. The van der Waals surface area contributed by atoms with Gasteiger partial charge >= 0.3 is 12.2 Å². The minimum Gasteiger partial charge on any atom is -0.444 e. The number of anilines is 1. The van der Waals surface area contributed by atoms with E-state index in [-0.39, 0.29) is 44.2 Å². The van der Waals surface area contributed by atoms with Gasteiger partial charge in [0.15, 0.2) is 0 Å². The Bertz CT molecular complexity index is 1950. The van der Waals surface area contributed by atoms with E-state index in [9.17, 15) is 19.2 Å². The molecule has 2 heterocycles. The summed E-state index contributed by atoms with van der Waals surface area (Å²) in [6.07, 6.45) is 1.53. The minimum absolute atomic E-state index is 0.00829. The van der Waals surface area contributed by atoms with E-state index in [1.165, 1.54) is 16.8 Å². The van der Waals surface area contributed by atoms with Crippen LogP contribution in [0, 0.1) is 0 Å². The molecule has 2 atom stereocenters. The Hall–Kier alpha value is -6.08. The molecule has 0 fully saturated rings. The predicted octanol–water partition coefficient (Wildman–Crippen LogP) is 4.70. The number of hydrogen-bond donors (Lipinski definition) is 3. The van der Waals surface area contributed by atoms with Crippen LogP contribution in [0.4, 0.5) is 15.3 Å². The lowest BCUT2D eigenvalue weighted by Crippen LogP contribution is -2.41. The average molecular weight is 692 g/mol. The van der Waals surface area contributed by atoms with Gasteiger partial charge in [-0.15, -0.1) is 6.58 Å². The first-order valence-electron chi connectivity index (χ1n) is 16.5. The lowest BCUT2D eigenvalue weighted by Gasteiger charge is -2.25. The molecule has 0 aliphatic carbocycles. The molecule has 4 aromatic rings. The zero-order valence-electron chi connectivity index (χ0n) is 28.6. The summed E-state index contributed by atoms with van der Waals surface area (Å²) in [6.45, 7) is 8.35. The Balaban J connectivity index is 1.29. The van der Waals surface area contributed by atoms with Crippen LogP contribution in [0.25, 0.3) is 0 Å². The van der Waals surface area contributed by atoms with Gasteiger partial charge in [0.05, 0.1) is 11.7 Å². The molecule has 13 heteroatoms. The number of carbonyl (C=O) groups is 3. The number of benzene rings is 3. The molecule has 3 amide bonds. The van der Waals surface area contributed by atoms with E-state index in [1.807, 2.05) is 74.5 Å². The zero-order valence-corrected chi connectivity index (χ0v) is 28.6. The number of aliphatic imine (C=N–C) groups is 1. The summed E-state index contributed by atoms with van der Waals surface area (Å²) < 4.78 is 12.0. The average Bonchev–Trinajstić information content (AvgIpc) is 3.45. The van der Waals surface area contributed by atoms with Crippen LogP contribution >= 0.6 is 0 Å². The van der Waals surface area contributed by atoms with Gasteiger partial charge in [0.1, 0.15) is 36.6 Å². The fraction of sp³-hybridized carbons (Fsp3) is 0.263. The summed E-state index contributed by atoms with van der Waals surface area (Å²) in [5.41, 5.74) is 7.54. The number of amides is 3. The van der Waals surface area contributed by atoms with Crippen molar-refractivity contribution in [3.8, 4) is 0 Å². The van der Waals surface area contributed by atoms with Crippen LogP contribution in [-0.2, 0) is 39.6 Å². The van der Waals surface area contributed by atoms with Crippen molar-refractivity contribution >= 4 is 29.6 Å². The van der Waals surface area contributed by atoms with E-state index in [1.54, 1.807) is 24.3 Å². The van der Waals surface area contributed by atoms with Crippen molar-refractivity contribution in [1.29, 1.82) is 0 Å². The summed E-state index contributed by atoms with van der Waals surface area (Å²) >= 11 is 0. The molecular formula is C38H41N7O6. The second kappa shape index (κ2) is 16.5. The number of aromatic nitrogens is 2. The molecule has 0 saturated carbocycles. The van der Waals surface area contributed by atoms with Gasteiger partial charge in [-0.05, 0) is 30.2 Å². The monoisotopic (exact) mass is 691 g/mol. The van der Waals surface area contributed by atoms with Gasteiger partial charge in [0.2, 0.25) is 5.91 Å². The van der Waals surface area contributed by atoms with Crippen LogP contribution in [0.1, 0.15) is 54.4 Å². The summed E-state index contributed by atoms with van der Waals surface area (Å²) in [6, 6.07) is 24.4. The lowest BCUT2D eigenvalue weighted by molar-refractivity contribution is -0.124. The van der Waals surface area contributed by atoms with Gasteiger partial charge in [-0.2, -0.15) is 4.99 Å². The van der Waals surface area contributed by atoms with Crippen molar-refractivity contribution in [3.05, 3.63) is 142 Å². The van der Waals surface area contributed by atoms with Crippen LogP contribution < -0.4 is 26.8 Å². The molecule has 13 nitrogen and oxygen atoms in total. The fourth-order valence-electron chi connectivity index (χ4n) is 5.87. The molecule has 4 N–H and O–H groups in total. The Morgan fingerprint density at radius 1 is 1.00 bits per heavy atom. The molecule has 0 spiro atoms. The number of hydrogen-bond acceptors (Lipinski definition) is 8. The van der Waals surface area contributed by atoms with E-state index >= 15 is 0 Å². The Kier molecular flexibility index (Phi) is 11.7. The number of nitrogens with one attached hydrogen (secondary N) is 2. The van der Waals surface area contributed by atoms with Crippen LogP contribution in [0.5, 0.6) is 0 Å². The SMILES string of the molecule is C=CCN(C(=O)OCc1ccccc1)c1cnc2n(c1=O)C(C(=O)NCc1ccc(/C(N)=N\C(=O)OCc3ccccc3)cc1)CC2(C)NCC. The van der Waals surface area contributed by atoms with Crippen molar-refractivity contribution in [2.75, 3.05) is 18.0 Å². The van der Waals surface area contributed by atoms with E-state index < -0.39 is 35.2 Å². The smallest absolute Gasteiger partial charge is 0.435 e. The Morgan fingerprint density at radius 3 is 2.24 bits per heavy atom. The van der Waals surface area contributed by atoms with Crippen molar-refractivity contribution in [3.63, 3.8) is 0 Å². The third-order valence-electron chi connectivity index (χ3n) is 8.41. The maximum Gasteiger partial charge on any atom is 0.435 e. The lowest BCUT2D eigenvalue weighted by atomic mass is 9.96. The Morgan fingerprint density at radius 2 is 1.63 bits per heavy atom. The number of ether oxygens (including phenoxy) is 2. The van der Waals surface area contributed by atoms with Gasteiger partial charge in [-0.1, -0.05) is 97.9 Å². The largest absolute Gasteiger partial charge is 0.444 e. The molecule has 5 rings (SSSR count). The number of fused-ring (bicyclic) bond motifs is 1. The number of carbonyl (C=O) groups excluding carboxylic acids is 3. The topological polar surface area (TPSA) is 170 Å². The highest BCUT2D eigenvalue weighted by Gasteiger charge is 2.46. The second-order valence-electron chi connectivity index (χ2n) is 12.1. The molecule has 0 bridgehead atoms. The Labute approximate surface area is 295 Å². The third kappa shape index (κ3) is 8.75. The number of amidine groups is 1. The van der Waals surface area contributed by atoms with E-state index in [0.29, 0.717) is 17.9 Å². The zero-order chi connectivity index (χ0) is 36.4. The maximum absolute atomic E-state index is 14.1. The van der Waals surface area contributed by atoms with Crippen molar-refractivity contribution < 1.29 is 23.9 Å². The van der Waals surface area contributed by atoms with Crippen LogP contribution in [0.3, 0.4) is 0 Å². The second-order valence-corrected chi connectivity index (χ2v) is 12.1.